The molecule has 0 radical (unpaired) electrons. The van der Waals surface area contributed by atoms with Crippen molar-refractivity contribution >= 4 is 34.3 Å². The van der Waals surface area contributed by atoms with Crippen molar-refractivity contribution in [2.45, 2.75) is 56.5 Å². The van der Waals surface area contributed by atoms with Crippen LogP contribution in [0, 0.1) is 0 Å². The van der Waals surface area contributed by atoms with Gasteiger partial charge in [-0.05, 0) is 30.5 Å². The number of aromatic nitrogens is 3. The van der Waals surface area contributed by atoms with Gasteiger partial charge in [0.2, 0.25) is 5.91 Å². The fraction of sp³-hybridized carbons (Fsp3) is 0.400. The van der Waals surface area contributed by atoms with Crippen LogP contribution in [0.2, 0.25) is 0 Å². The zero-order valence-corrected chi connectivity index (χ0v) is 16.9. The molecule has 0 aliphatic heterocycles. The molecule has 0 saturated heterocycles. The van der Waals surface area contributed by atoms with E-state index >= 15 is 0 Å². The van der Waals surface area contributed by atoms with E-state index in [0.29, 0.717) is 29.0 Å². The number of nitrogens with one attached hydrogen (secondary N) is 1. The predicted octanol–water partition coefficient (Wildman–Crippen LogP) is 4.09. The molecule has 28 heavy (non-hydrogen) atoms. The molecule has 1 aliphatic carbocycles. The van der Waals surface area contributed by atoms with Crippen molar-refractivity contribution in [3.8, 4) is 0 Å². The summed E-state index contributed by atoms with van der Waals surface area (Å²) in [6.07, 6.45) is 2.32. The topological polar surface area (TPSA) is 90.0 Å². The Hall–Kier alpha value is -2.61. The Balaban J connectivity index is 1.63. The van der Waals surface area contributed by atoms with E-state index in [1.807, 2.05) is 12.1 Å². The van der Waals surface area contributed by atoms with Gasteiger partial charge in [0, 0.05) is 47.8 Å². The molecule has 0 spiro atoms. The van der Waals surface area contributed by atoms with Crippen LogP contribution in [0.1, 0.15) is 57.0 Å². The maximum absolute atomic E-state index is 12.0. The fourth-order valence-electron chi connectivity index (χ4n) is 3.23. The van der Waals surface area contributed by atoms with Crippen molar-refractivity contribution in [1.29, 1.82) is 0 Å². The van der Waals surface area contributed by atoms with Crippen molar-refractivity contribution in [3.05, 3.63) is 46.1 Å². The third-order valence-electron chi connectivity index (χ3n) is 4.63. The zero-order chi connectivity index (χ0) is 19.8. The Morgan fingerprint density at radius 1 is 1.32 bits per heavy atom. The first-order valence-corrected chi connectivity index (χ1v) is 10.3. The van der Waals surface area contributed by atoms with Crippen molar-refractivity contribution in [2.75, 3.05) is 5.32 Å². The minimum Gasteiger partial charge on any atom is -0.423 e. The Bertz CT molecular complexity index is 1100. The predicted molar refractivity (Wildman–Crippen MR) is 109 cm³/mol. The fourth-order valence-corrected chi connectivity index (χ4v) is 4.23. The number of rotatable bonds is 6. The highest BCUT2D eigenvalue weighted by molar-refractivity contribution is 7.98. The van der Waals surface area contributed by atoms with E-state index in [0.717, 1.165) is 34.8 Å². The number of carbonyl (C=O) groups excluding carboxylic acids is 1. The number of benzene rings is 1. The lowest BCUT2D eigenvalue weighted by Crippen LogP contribution is -2.06. The molecule has 1 aromatic carbocycles. The van der Waals surface area contributed by atoms with Gasteiger partial charge in [-0.3, -0.25) is 4.79 Å². The molecular weight excluding hydrogens is 376 g/mol. The summed E-state index contributed by atoms with van der Waals surface area (Å²) < 4.78 is 7.58. The minimum atomic E-state index is -0.408. The number of anilines is 1. The number of hydrogen-bond donors (Lipinski definition) is 1. The Labute approximate surface area is 166 Å². The summed E-state index contributed by atoms with van der Waals surface area (Å²) in [4.78, 5) is 23.3. The van der Waals surface area contributed by atoms with Gasteiger partial charge in [0.1, 0.15) is 11.4 Å². The lowest BCUT2D eigenvalue weighted by Gasteiger charge is -2.11. The Morgan fingerprint density at radius 3 is 2.79 bits per heavy atom. The molecule has 1 N–H and O–H groups in total. The van der Waals surface area contributed by atoms with Crippen LogP contribution in [0.4, 0.5) is 5.69 Å². The second kappa shape index (κ2) is 7.43. The monoisotopic (exact) mass is 398 g/mol. The average Bonchev–Trinajstić information content (AvgIpc) is 3.37. The van der Waals surface area contributed by atoms with Crippen LogP contribution in [0.25, 0.3) is 11.0 Å². The summed E-state index contributed by atoms with van der Waals surface area (Å²) in [6, 6.07) is 7.36. The normalized spacial score (nSPS) is 14.0. The zero-order valence-electron chi connectivity index (χ0n) is 16.1. The number of amides is 1. The number of hydrogen-bond acceptors (Lipinski definition) is 6. The van der Waals surface area contributed by atoms with Crippen LogP contribution in [0.15, 0.2) is 38.6 Å². The lowest BCUT2D eigenvalue weighted by molar-refractivity contribution is -0.114. The first-order valence-electron chi connectivity index (χ1n) is 9.34. The van der Waals surface area contributed by atoms with Crippen molar-refractivity contribution in [1.82, 2.24) is 14.8 Å². The standard InChI is InChI=1S/C20H22N4O3S/c1-11(2)19-22-23-20(24(19)15-5-6-15)28-10-13-8-18(26)27-17-9-14(21-12(3)25)4-7-16(13)17/h4,7-9,11,15H,5-6,10H2,1-3H3,(H,21,25). The number of thioether (sulfide) groups is 1. The molecule has 0 bridgehead atoms. The van der Waals surface area contributed by atoms with Crippen LogP contribution >= 0.6 is 11.8 Å². The summed E-state index contributed by atoms with van der Waals surface area (Å²) in [5.74, 6) is 1.75. The van der Waals surface area contributed by atoms with E-state index in [1.165, 1.54) is 13.0 Å². The van der Waals surface area contributed by atoms with Crippen LogP contribution in [-0.4, -0.2) is 20.7 Å². The van der Waals surface area contributed by atoms with Gasteiger partial charge in [-0.1, -0.05) is 25.6 Å². The van der Waals surface area contributed by atoms with E-state index in [9.17, 15) is 9.59 Å². The lowest BCUT2D eigenvalue weighted by atomic mass is 10.1. The second-order valence-electron chi connectivity index (χ2n) is 7.37. The van der Waals surface area contributed by atoms with Crippen LogP contribution in [0.5, 0.6) is 0 Å². The molecule has 7 nitrogen and oxygen atoms in total. The Kier molecular flexibility index (Phi) is 4.97. The number of carbonyl (C=O) groups is 1. The van der Waals surface area contributed by atoms with Crippen molar-refractivity contribution in [2.24, 2.45) is 0 Å². The number of fused-ring (bicyclic) bond motifs is 1. The van der Waals surface area contributed by atoms with Crippen LogP contribution in [-0.2, 0) is 10.5 Å². The van der Waals surface area contributed by atoms with Gasteiger partial charge in [0.25, 0.3) is 0 Å². The van der Waals surface area contributed by atoms with Crippen molar-refractivity contribution < 1.29 is 9.21 Å². The molecule has 1 saturated carbocycles. The summed E-state index contributed by atoms with van der Waals surface area (Å²) in [5, 5.41) is 13.2. The molecule has 0 unspecified atom stereocenters. The molecule has 8 heteroatoms. The van der Waals surface area contributed by atoms with Crippen LogP contribution in [0.3, 0.4) is 0 Å². The van der Waals surface area contributed by atoms with Gasteiger partial charge in [-0.15, -0.1) is 10.2 Å². The molecule has 1 amide bonds. The molecule has 146 valence electrons. The number of nitrogens with zero attached hydrogens (tertiary/aromatic N) is 3. The quantitative estimate of drug-likeness (QED) is 0.497. The van der Waals surface area contributed by atoms with Crippen molar-refractivity contribution in [3.63, 3.8) is 0 Å². The third-order valence-corrected chi connectivity index (χ3v) is 5.62. The minimum absolute atomic E-state index is 0.172. The van der Waals surface area contributed by atoms with Gasteiger partial charge in [0.05, 0.1) is 0 Å². The largest absolute Gasteiger partial charge is 0.423 e. The summed E-state index contributed by atoms with van der Waals surface area (Å²) in [6.45, 7) is 5.69. The van der Waals surface area contributed by atoms with E-state index < -0.39 is 5.63 Å². The Morgan fingerprint density at radius 2 is 2.11 bits per heavy atom. The van der Waals surface area contributed by atoms with E-state index in [-0.39, 0.29) is 5.91 Å². The van der Waals surface area contributed by atoms with E-state index in [2.05, 4.69) is 33.9 Å². The van der Waals surface area contributed by atoms with Gasteiger partial charge < -0.3 is 14.3 Å². The molecule has 2 heterocycles. The molecule has 1 aliphatic rings. The van der Waals surface area contributed by atoms with Gasteiger partial charge in [0.15, 0.2) is 5.16 Å². The van der Waals surface area contributed by atoms with Gasteiger partial charge in [-0.2, -0.15) is 0 Å². The smallest absolute Gasteiger partial charge is 0.336 e. The molecular formula is C20H22N4O3S. The third kappa shape index (κ3) is 3.82. The summed E-state index contributed by atoms with van der Waals surface area (Å²) in [5.41, 5.74) is 1.53. The van der Waals surface area contributed by atoms with E-state index in [1.54, 1.807) is 17.8 Å². The van der Waals surface area contributed by atoms with Gasteiger partial charge >= 0.3 is 5.63 Å². The maximum atomic E-state index is 12.0. The average molecular weight is 398 g/mol. The molecule has 0 atom stereocenters. The highest BCUT2D eigenvalue weighted by Gasteiger charge is 2.30. The first kappa shape index (κ1) is 18.7. The SMILES string of the molecule is CC(=O)Nc1ccc2c(CSc3nnc(C(C)C)n3C3CC3)cc(=O)oc2c1. The molecule has 1 fully saturated rings. The first-order chi connectivity index (χ1) is 13.4. The molecule has 4 rings (SSSR count). The highest BCUT2D eigenvalue weighted by atomic mass is 32.2. The van der Waals surface area contributed by atoms with Crippen LogP contribution < -0.4 is 10.9 Å². The molecule has 2 aromatic heterocycles. The maximum Gasteiger partial charge on any atom is 0.336 e. The second-order valence-corrected chi connectivity index (χ2v) is 8.31. The van der Waals surface area contributed by atoms with Gasteiger partial charge in [-0.25, -0.2) is 4.79 Å². The summed E-state index contributed by atoms with van der Waals surface area (Å²) >= 11 is 1.58. The summed E-state index contributed by atoms with van der Waals surface area (Å²) in [7, 11) is 0. The van der Waals surface area contributed by atoms with E-state index in [4.69, 9.17) is 4.42 Å². The highest BCUT2D eigenvalue weighted by Crippen LogP contribution is 2.40. The molecule has 3 aromatic rings.